The molecule has 6 nitrogen and oxygen atoms in total. The zero-order valence-electron chi connectivity index (χ0n) is 8.45. The minimum atomic E-state index is -5.08. The number of aliphatic hydroxyl groups is 1. The van der Waals surface area contributed by atoms with Gasteiger partial charge in [-0.1, -0.05) is 0 Å². The van der Waals surface area contributed by atoms with E-state index in [4.69, 9.17) is 25.4 Å². The molecule has 0 aliphatic rings. The van der Waals surface area contributed by atoms with Gasteiger partial charge in [-0.25, -0.2) is 4.79 Å². The predicted molar refractivity (Wildman–Crippen MR) is 46.9 cm³/mol. The number of aliphatic carboxylic acids is 2. The fourth-order valence-electron chi connectivity index (χ4n) is 0.400. The summed E-state index contributed by atoms with van der Waals surface area (Å²) < 4.78 is 31.7. The molecular weight excluding hydrogens is 247 g/mol. The number of halogens is 3. The summed E-state index contributed by atoms with van der Waals surface area (Å²) in [6.07, 6.45) is -5.50. The topological polar surface area (TPSA) is 119 Å². The van der Waals surface area contributed by atoms with Crippen LogP contribution < -0.4 is 0 Å². The molecule has 0 unspecified atom stereocenters. The van der Waals surface area contributed by atoms with Gasteiger partial charge in [0.1, 0.15) is 5.76 Å². The average molecular weight is 255 g/mol. The Balaban J connectivity index is 0. The highest BCUT2D eigenvalue weighted by atomic mass is 19.4. The van der Waals surface area contributed by atoms with Gasteiger partial charge in [0.15, 0.2) is 0 Å². The highest BCUT2D eigenvalue weighted by Gasteiger charge is 2.38. The van der Waals surface area contributed by atoms with Crippen LogP contribution in [0, 0.1) is 11.3 Å². The first-order valence-electron chi connectivity index (χ1n) is 3.83. The molecule has 0 saturated heterocycles. The van der Waals surface area contributed by atoms with Crippen LogP contribution in [0.25, 0.3) is 0 Å². The molecule has 0 saturated carbocycles. The Labute approximate surface area is 93.2 Å². The van der Waals surface area contributed by atoms with Crippen molar-refractivity contribution < 1.29 is 38.1 Å². The van der Waals surface area contributed by atoms with Gasteiger partial charge in [-0.2, -0.15) is 18.4 Å². The average Bonchev–Trinajstić information content (AvgIpc) is 2.12. The summed E-state index contributed by atoms with van der Waals surface area (Å²) in [5, 5.41) is 32.2. The third kappa shape index (κ3) is 10.1. The first-order chi connectivity index (χ1) is 7.52. The van der Waals surface area contributed by atoms with Crippen LogP contribution in [-0.4, -0.2) is 33.4 Å². The number of rotatable bonds is 2. The molecule has 0 rings (SSSR count). The summed E-state index contributed by atoms with van der Waals surface area (Å²) in [5.41, 5.74) is -0.104. The number of hydrogen-bond donors (Lipinski definition) is 3. The Morgan fingerprint density at radius 3 is 1.65 bits per heavy atom. The number of carboxylic acids is 2. The van der Waals surface area contributed by atoms with E-state index in [2.05, 4.69) is 0 Å². The van der Waals surface area contributed by atoms with Crippen LogP contribution in [0.3, 0.4) is 0 Å². The van der Waals surface area contributed by atoms with E-state index in [9.17, 15) is 18.0 Å². The highest BCUT2D eigenvalue weighted by Crippen LogP contribution is 2.13. The SMILES string of the molecule is CC(O)=C(C#N)CC(=O)O.O=C(O)C(F)(F)F. The Kier molecular flexibility index (Phi) is 7.17. The van der Waals surface area contributed by atoms with Crippen molar-refractivity contribution in [2.24, 2.45) is 0 Å². The van der Waals surface area contributed by atoms with Crippen LogP contribution in [0.15, 0.2) is 11.3 Å². The maximum Gasteiger partial charge on any atom is 0.490 e. The predicted octanol–water partition coefficient (Wildman–Crippen LogP) is 1.45. The molecule has 17 heavy (non-hydrogen) atoms. The molecule has 0 heterocycles. The van der Waals surface area contributed by atoms with Gasteiger partial charge in [-0.3, -0.25) is 4.79 Å². The number of alkyl halides is 3. The van der Waals surface area contributed by atoms with Crippen molar-refractivity contribution in [1.82, 2.24) is 0 Å². The Hall–Kier alpha value is -2.24. The molecule has 96 valence electrons. The largest absolute Gasteiger partial charge is 0.512 e. The second kappa shape index (κ2) is 7.10. The van der Waals surface area contributed by atoms with Crippen molar-refractivity contribution in [1.29, 1.82) is 5.26 Å². The Bertz CT molecular complexity index is 362. The molecule has 0 aliphatic carbocycles. The Morgan fingerprint density at radius 1 is 1.24 bits per heavy atom. The first kappa shape index (κ1) is 17.2. The van der Waals surface area contributed by atoms with E-state index in [1.807, 2.05) is 0 Å². The van der Waals surface area contributed by atoms with Gasteiger partial charge < -0.3 is 15.3 Å². The zero-order valence-corrected chi connectivity index (χ0v) is 8.45. The summed E-state index contributed by atoms with van der Waals surface area (Å²) >= 11 is 0. The van der Waals surface area contributed by atoms with Gasteiger partial charge in [-0.05, 0) is 6.92 Å². The summed E-state index contributed by atoms with van der Waals surface area (Å²) in [4.78, 5) is 18.9. The fourth-order valence-corrected chi connectivity index (χ4v) is 0.400. The van der Waals surface area contributed by atoms with Crippen LogP contribution in [0.5, 0.6) is 0 Å². The number of aliphatic hydroxyl groups excluding tert-OH is 1. The van der Waals surface area contributed by atoms with Crippen molar-refractivity contribution in [3.05, 3.63) is 11.3 Å². The molecule has 0 aromatic carbocycles. The lowest BCUT2D eigenvalue weighted by molar-refractivity contribution is -0.192. The van der Waals surface area contributed by atoms with E-state index in [1.54, 1.807) is 6.07 Å². The lowest BCUT2D eigenvalue weighted by Gasteiger charge is -1.93. The molecule has 0 atom stereocenters. The molecule has 0 aromatic heterocycles. The zero-order chi connectivity index (χ0) is 14.2. The standard InChI is InChI=1S/C6H7NO3.C2HF3O2/c1-4(8)5(3-7)2-6(9)10;3-2(4,5)1(6)7/h8H,2H2,1H3,(H,9,10);(H,6,7). The minimum Gasteiger partial charge on any atom is -0.512 e. The molecule has 0 aromatic rings. The van der Waals surface area contributed by atoms with Crippen molar-refractivity contribution in [3.8, 4) is 6.07 Å². The smallest absolute Gasteiger partial charge is 0.490 e. The van der Waals surface area contributed by atoms with E-state index < -0.39 is 24.5 Å². The van der Waals surface area contributed by atoms with Gasteiger partial charge in [0.2, 0.25) is 0 Å². The lowest BCUT2D eigenvalue weighted by atomic mass is 10.2. The third-order valence-electron chi connectivity index (χ3n) is 1.14. The van der Waals surface area contributed by atoms with Crippen LogP contribution in [0.2, 0.25) is 0 Å². The number of hydrogen-bond acceptors (Lipinski definition) is 4. The summed E-state index contributed by atoms with van der Waals surface area (Å²) in [5.74, 6) is -4.11. The number of allylic oxidation sites excluding steroid dienone is 1. The highest BCUT2D eigenvalue weighted by molar-refractivity contribution is 5.73. The third-order valence-corrected chi connectivity index (χ3v) is 1.14. The minimum absolute atomic E-state index is 0.104. The maximum absolute atomic E-state index is 10.6. The molecule has 0 amide bonds. The summed E-state index contributed by atoms with van der Waals surface area (Å²) in [6.45, 7) is 1.28. The second-order valence-corrected chi connectivity index (χ2v) is 2.55. The van der Waals surface area contributed by atoms with Gasteiger partial charge in [0, 0.05) is 0 Å². The summed E-state index contributed by atoms with van der Waals surface area (Å²) in [7, 11) is 0. The van der Waals surface area contributed by atoms with E-state index in [-0.39, 0.29) is 11.3 Å². The van der Waals surface area contributed by atoms with Crippen LogP contribution in [0.4, 0.5) is 13.2 Å². The van der Waals surface area contributed by atoms with E-state index >= 15 is 0 Å². The second-order valence-electron chi connectivity index (χ2n) is 2.55. The van der Waals surface area contributed by atoms with E-state index in [0.717, 1.165) is 0 Å². The molecule has 9 heteroatoms. The lowest BCUT2D eigenvalue weighted by Crippen LogP contribution is -2.21. The monoisotopic (exact) mass is 255 g/mol. The van der Waals surface area contributed by atoms with Gasteiger partial charge in [0.05, 0.1) is 18.1 Å². The number of carbonyl (C=O) groups is 2. The molecule has 3 N–H and O–H groups in total. The molecule has 0 fully saturated rings. The molecular formula is C8H8F3NO5. The Morgan fingerprint density at radius 2 is 1.59 bits per heavy atom. The van der Waals surface area contributed by atoms with Crippen molar-refractivity contribution in [2.45, 2.75) is 19.5 Å². The number of nitrogens with zero attached hydrogens (tertiary/aromatic N) is 1. The number of carboxylic acid groups (broad SMARTS) is 2. The van der Waals surface area contributed by atoms with Gasteiger partial charge in [0.25, 0.3) is 0 Å². The van der Waals surface area contributed by atoms with Crippen molar-refractivity contribution in [3.63, 3.8) is 0 Å². The van der Waals surface area contributed by atoms with Crippen molar-refractivity contribution in [2.75, 3.05) is 0 Å². The fraction of sp³-hybridized carbons (Fsp3) is 0.375. The molecule has 0 bridgehead atoms. The molecule has 0 radical (unpaired) electrons. The quantitative estimate of drug-likeness (QED) is 0.507. The number of nitriles is 1. The van der Waals surface area contributed by atoms with Crippen molar-refractivity contribution >= 4 is 11.9 Å². The molecule has 0 aliphatic heterocycles. The van der Waals surface area contributed by atoms with E-state index in [1.165, 1.54) is 6.92 Å². The van der Waals surface area contributed by atoms with Gasteiger partial charge in [-0.15, -0.1) is 0 Å². The first-order valence-corrected chi connectivity index (χ1v) is 3.83. The molecule has 0 spiro atoms. The summed E-state index contributed by atoms with van der Waals surface area (Å²) in [6, 6.07) is 1.58. The van der Waals surface area contributed by atoms with Crippen LogP contribution >= 0.6 is 0 Å². The maximum atomic E-state index is 10.6. The normalized spacial score (nSPS) is 11.5. The van der Waals surface area contributed by atoms with Crippen LogP contribution in [-0.2, 0) is 9.59 Å². The van der Waals surface area contributed by atoms with Crippen LogP contribution in [0.1, 0.15) is 13.3 Å². The van der Waals surface area contributed by atoms with Gasteiger partial charge >= 0.3 is 18.1 Å². The van der Waals surface area contributed by atoms with E-state index in [0.29, 0.717) is 0 Å².